The molecule has 1 N–H and O–H groups in total. The van der Waals surface area contributed by atoms with Crippen LogP contribution in [0.5, 0.6) is 5.75 Å². The van der Waals surface area contributed by atoms with E-state index in [1.54, 1.807) is 0 Å². The quantitative estimate of drug-likeness (QED) is 0.885. The molecule has 1 aromatic rings. The first-order chi connectivity index (χ1) is 9.71. The zero-order chi connectivity index (χ0) is 14.0. The molecule has 2 atom stereocenters. The standard InChI is InChI=1S/C14H18O6/c15-7-11-5-12(16)13(8-18-11)20-10-1-3-19-14(6-10)2-4-17-9-14/h5,8,10,15H,1-4,6-7,9H2. The molecule has 0 aromatic carbocycles. The SMILES string of the molecule is O=c1cc(CO)occ1OC1CCOC2(CCOC2)C1. The normalized spacial score (nSPS) is 29.8. The topological polar surface area (TPSA) is 78.1 Å². The fourth-order valence-electron chi connectivity index (χ4n) is 2.73. The second-order valence-electron chi connectivity index (χ2n) is 5.30. The fraction of sp³-hybridized carbons (Fsp3) is 0.643. The van der Waals surface area contributed by atoms with Crippen LogP contribution >= 0.6 is 0 Å². The van der Waals surface area contributed by atoms with Crippen LogP contribution in [-0.2, 0) is 16.1 Å². The van der Waals surface area contributed by atoms with E-state index in [0.29, 0.717) is 26.2 Å². The molecule has 0 radical (unpaired) electrons. The average molecular weight is 282 g/mol. The Bertz CT molecular complexity index is 517. The van der Waals surface area contributed by atoms with Gasteiger partial charge in [0.15, 0.2) is 0 Å². The van der Waals surface area contributed by atoms with Gasteiger partial charge in [0, 0.05) is 31.9 Å². The number of ether oxygens (including phenoxy) is 3. The maximum absolute atomic E-state index is 11.8. The first-order valence-corrected chi connectivity index (χ1v) is 6.82. The van der Waals surface area contributed by atoms with Crippen LogP contribution in [0.4, 0.5) is 0 Å². The molecule has 2 fully saturated rings. The molecule has 3 heterocycles. The lowest BCUT2D eigenvalue weighted by atomic mass is 9.91. The summed E-state index contributed by atoms with van der Waals surface area (Å²) < 4.78 is 22.1. The molecule has 0 bridgehead atoms. The van der Waals surface area contributed by atoms with Crippen molar-refractivity contribution in [1.29, 1.82) is 0 Å². The lowest BCUT2D eigenvalue weighted by Gasteiger charge is -2.36. The summed E-state index contributed by atoms with van der Waals surface area (Å²) in [5, 5.41) is 8.91. The van der Waals surface area contributed by atoms with Gasteiger partial charge in [0.2, 0.25) is 11.2 Å². The molecule has 1 aromatic heterocycles. The number of hydrogen-bond acceptors (Lipinski definition) is 6. The van der Waals surface area contributed by atoms with Gasteiger partial charge < -0.3 is 23.7 Å². The van der Waals surface area contributed by atoms with Crippen LogP contribution in [0.2, 0.25) is 0 Å². The number of aliphatic hydroxyl groups is 1. The molecular weight excluding hydrogens is 264 g/mol. The summed E-state index contributed by atoms with van der Waals surface area (Å²) >= 11 is 0. The lowest BCUT2D eigenvalue weighted by molar-refractivity contribution is -0.112. The Morgan fingerprint density at radius 2 is 2.35 bits per heavy atom. The summed E-state index contributed by atoms with van der Waals surface area (Å²) in [6.45, 7) is 1.60. The van der Waals surface area contributed by atoms with Gasteiger partial charge in [-0.25, -0.2) is 0 Å². The monoisotopic (exact) mass is 282 g/mol. The highest BCUT2D eigenvalue weighted by Gasteiger charge is 2.42. The minimum absolute atomic E-state index is 0.0756. The molecule has 2 unspecified atom stereocenters. The third kappa shape index (κ3) is 2.72. The largest absolute Gasteiger partial charge is 0.483 e. The van der Waals surface area contributed by atoms with Crippen molar-refractivity contribution in [3.05, 3.63) is 28.3 Å². The summed E-state index contributed by atoms with van der Waals surface area (Å²) in [7, 11) is 0. The van der Waals surface area contributed by atoms with Crippen LogP contribution in [0.25, 0.3) is 0 Å². The second-order valence-corrected chi connectivity index (χ2v) is 5.30. The van der Waals surface area contributed by atoms with Gasteiger partial charge in [0.05, 0.1) is 18.8 Å². The molecule has 6 heteroatoms. The molecule has 2 aliphatic rings. The summed E-state index contributed by atoms with van der Waals surface area (Å²) in [5.74, 6) is 0.415. The summed E-state index contributed by atoms with van der Waals surface area (Å²) in [5.41, 5.74) is -0.530. The highest BCUT2D eigenvalue weighted by Crippen LogP contribution is 2.34. The number of hydrogen-bond donors (Lipinski definition) is 1. The van der Waals surface area contributed by atoms with Crippen molar-refractivity contribution < 1.29 is 23.7 Å². The van der Waals surface area contributed by atoms with Gasteiger partial charge in [0.1, 0.15) is 24.7 Å². The van der Waals surface area contributed by atoms with Crippen molar-refractivity contribution in [2.45, 2.75) is 37.6 Å². The van der Waals surface area contributed by atoms with Crippen LogP contribution < -0.4 is 10.2 Å². The second kappa shape index (κ2) is 5.55. The fourth-order valence-corrected chi connectivity index (χ4v) is 2.73. The Kier molecular flexibility index (Phi) is 3.78. The van der Waals surface area contributed by atoms with E-state index in [4.69, 9.17) is 23.7 Å². The first-order valence-electron chi connectivity index (χ1n) is 6.82. The van der Waals surface area contributed by atoms with Crippen LogP contribution in [0.15, 0.2) is 21.5 Å². The van der Waals surface area contributed by atoms with Gasteiger partial charge in [-0.1, -0.05) is 0 Å². The zero-order valence-corrected chi connectivity index (χ0v) is 11.2. The predicted octanol–water partition coefficient (Wildman–Crippen LogP) is 0.849. The molecule has 0 aliphatic carbocycles. The van der Waals surface area contributed by atoms with Crippen LogP contribution in [0.1, 0.15) is 25.0 Å². The van der Waals surface area contributed by atoms with E-state index in [9.17, 15) is 4.79 Å². The lowest BCUT2D eigenvalue weighted by Crippen LogP contribution is -2.44. The maximum Gasteiger partial charge on any atom is 0.227 e. The van der Waals surface area contributed by atoms with Crippen LogP contribution in [0, 0.1) is 0 Å². The molecule has 3 rings (SSSR count). The van der Waals surface area contributed by atoms with Gasteiger partial charge in [0.25, 0.3) is 0 Å². The van der Waals surface area contributed by atoms with Crippen molar-refractivity contribution in [1.82, 2.24) is 0 Å². The molecular formula is C14H18O6. The third-order valence-electron chi connectivity index (χ3n) is 3.82. The summed E-state index contributed by atoms with van der Waals surface area (Å²) in [4.78, 5) is 11.8. The van der Waals surface area contributed by atoms with Gasteiger partial charge >= 0.3 is 0 Å². The van der Waals surface area contributed by atoms with E-state index in [0.717, 1.165) is 12.8 Å². The van der Waals surface area contributed by atoms with E-state index in [1.165, 1.54) is 12.3 Å². The average Bonchev–Trinajstić information content (AvgIpc) is 2.89. The van der Waals surface area contributed by atoms with E-state index < -0.39 is 0 Å². The minimum Gasteiger partial charge on any atom is -0.483 e. The maximum atomic E-state index is 11.8. The summed E-state index contributed by atoms with van der Waals surface area (Å²) in [6.07, 6.45) is 3.51. The van der Waals surface area contributed by atoms with E-state index >= 15 is 0 Å². The van der Waals surface area contributed by atoms with Crippen molar-refractivity contribution in [2.75, 3.05) is 19.8 Å². The van der Waals surface area contributed by atoms with Crippen molar-refractivity contribution in [3.8, 4) is 5.75 Å². The molecule has 1 spiro atoms. The molecule has 6 nitrogen and oxygen atoms in total. The molecule has 2 aliphatic heterocycles. The Hall–Kier alpha value is -1.37. The first kappa shape index (κ1) is 13.6. The number of aliphatic hydroxyl groups excluding tert-OH is 1. The minimum atomic E-state index is -0.298. The Morgan fingerprint density at radius 1 is 1.45 bits per heavy atom. The molecule has 110 valence electrons. The number of rotatable bonds is 3. The Balaban J connectivity index is 1.69. The molecule has 0 amide bonds. The van der Waals surface area contributed by atoms with Crippen LogP contribution in [-0.4, -0.2) is 36.6 Å². The van der Waals surface area contributed by atoms with Gasteiger partial charge in [-0.15, -0.1) is 0 Å². The Morgan fingerprint density at radius 3 is 3.05 bits per heavy atom. The van der Waals surface area contributed by atoms with Crippen LogP contribution in [0.3, 0.4) is 0 Å². The smallest absolute Gasteiger partial charge is 0.227 e. The van der Waals surface area contributed by atoms with Gasteiger partial charge in [-0.05, 0) is 0 Å². The molecule has 20 heavy (non-hydrogen) atoms. The van der Waals surface area contributed by atoms with E-state index in [2.05, 4.69) is 0 Å². The zero-order valence-electron chi connectivity index (χ0n) is 11.2. The molecule has 2 saturated heterocycles. The Labute approximate surface area is 116 Å². The summed E-state index contributed by atoms with van der Waals surface area (Å²) in [6, 6.07) is 1.25. The third-order valence-corrected chi connectivity index (χ3v) is 3.82. The van der Waals surface area contributed by atoms with Crippen molar-refractivity contribution >= 4 is 0 Å². The van der Waals surface area contributed by atoms with E-state index in [1.807, 2.05) is 0 Å². The van der Waals surface area contributed by atoms with Gasteiger partial charge in [-0.2, -0.15) is 0 Å². The van der Waals surface area contributed by atoms with Crippen molar-refractivity contribution in [2.24, 2.45) is 0 Å². The molecule has 0 saturated carbocycles. The van der Waals surface area contributed by atoms with Crippen molar-refractivity contribution in [3.63, 3.8) is 0 Å². The highest BCUT2D eigenvalue weighted by molar-refractivity contribution is 5.18. The van der Waals surface area contributed by atoms with Gasteiger partial charge in [-0.3, -0.25) is 4.79 Å². The van der Waals surface area contributed by atoms with E-state index in [-0.39, 0.29) is 35.3 Å². The predicted molar refractivity (Wildman–Crippen MR) is 68.7 cm³/mol. The highest BCUT2D eigenvalue weighted by atomic mass is 16.6.